The van der Waals surface area contributed by atoms with E-state index in [1.54, 1.807) is 32.1 Å². The van der Waals surface area contributed by atoms with Crippen molar-refractivity contribution in [3.05, 3.63) is 0 Å². The molecule has 0 amide bonds. The molecular weight excluding hydrogens is 244 g/mol. The van der Waals surface area contributed by atoms with Crippen molar-refractivity contribution in [3.8, 4) is 0 Å². The summed E-state index contributed by atoms with van der Waals surface area (Å²) in [4.78, 5) is 2.76. The van der Waals surface area contributed by atoms with Crippen LogP contribution in [0.15, 0.2) is 0 Å². The van der Waals surface area contributed by atoms with Gasteiger partial charge in [0.25, 0.3) is 0 Å². The van der Waals surface area contributed by atoms with Crippen molar-refractivity contribution in [2.75, 3.05) is 13.1 Å². The molecule has 2 unspecified atom stereocenters. The zero-order valence-corrected chi connectivity index (χ0v) is 12.8. The molecule has 2 atom stereocenters. The lowest BCUT2D eigenvalue weighted by molar-refractivity contribution is -0.0216. The number of hydrogen-bond acceptors (Lipinski definition) is 2. The lowest BCUT2D eigenvalue weighted by Crippen LogP contribution is -2.58. The lowest BCUT2D eigenvalue weighted by Gasteiger charge is -2.55. The summed E-state index contributed by atoms with van der Waals surface area (Å²) in [5, 5.41) is 4.19. The molecule has 20 heavy (non-hydrogen) atoms. The van der Waals surface area contributed by atoms with Gasteiger partial charge in [-0.3, -0.25) is 0 Å². The van der Waals surface area contributed by atoms with Gasteiger partial charge >= 0.3 is 0 Å². The maximum atomic E-state index is 4.19. The molecule has 2 heterocycles. The van der Waals surface area contributed by atoms with E-state index in [0.717, 1.165) is 41.8 Å². The molecule has 6 fully saturated rings. The van der Waals surface area contributed by atoms with Crippen LogP contribution < -0.4 is 5.32 Å². The molecule has 4 saturated carbocycles. The van der Waals surface area contributed by atoms with Crippen LogP contribution in [0.4, 0.5) is 0 Å². The van der Waals surface area contributed by atoms with Gasteiger partial charge in [0.1, 0.15) is 0 Å². The van der Waals surface area contributed by atoms with Crippen molar-refractivity contribution in [2.24, 2.45) is 23.7 Å². The third kappa shape index (κ3) is 1.98. The summed E-state index contributed by atoms with van der Waals surface area (Å²) in [6.45, 7) is 2.76. The van der Waals surface area contributed by atoms with Crippen LogP contribution in [-0.4, -0.2) is 36.1 Å². The molecule has 0 radical (unpaired) electrons. The highest BCUT2D eigenvalue weighted by atomic mass is 15.2. The van der Waals surface area contributed by atoms with E-state index in [0.29, 0.717) is 0 Å². The lowest BCUT2D eigenvalue weighted by atomic mass is 9.54. The van der Waals surface area contributed by atoms with Gasteiger partial charge in [0.15, 0.2) is 0 Å². The highest BCUT2D eigenvalue weighted by molar-refractivity contribution is 5.03. The highest BCUT2D eigenvalue weighted by Crippen LogP contribution is 2.53. The number of hydrogen-bond donors (Lipinski definition) is 1. The van der Waals surface area contributed by atoms with Crippen LogP contribution in [0.2, 0.25) is 0 Å². The van der Waals surface area contributed by atoms with Gasteiger partial charge in [-0.1, -0.05) is 0 Å². The number of nitrogens with zero attached hydrogens (tertiary/aromatic N) is 1. The maximum absolute atomic E-state index is 4.19. The largest absolute Gasteiger partial charge is 0.311 e. The van der Waals surface area contributed by atoms with Crippen LogP contribution in [0.3, 0.4) is 0 Å². The molecule has 112 valence electrons. The third-order valence-electron chi connectivity index (χ3n) is 7.48. The molecule has 0 aromatic carbocycles. The molecule has 2 heteroatoms. The Bertz CT molecular complexity index is 352. The zero-order chi connectivity index (χ0) is 13.1. The average molecular weight is 274 g/mol. The highest BCUT2D eigenvalue weighted by Gasteiger charge is 2.48. The Kier molecular flexibility index (Phi) is 2.93. The van der Waals surface area contributed by atoms with Gasteiger partial charge < -0.3 is 10.2 Å². The Morgan fingerprint density at radius 2 is 1.50 bits per heavy atom. The SMILES string of the molecule is C1CC2CC(NC3C4CC5CC(C4)CC3C5)CCN2C1. The van der Waals surface area contributed by atoms with Crippen LogP contribution in [0.25, 0.3) is 0 Å². The molecule has 2 aliphatic heterocycles. The number of fused-ring (bicyclic) bond motifs is 1. The molecule has 0 aromatic heterocycles. The fraction of sp³-hybridized carbons (Fsp3) is 1.00. The van der Waals surface area contributed by atoms with E-state index in [-0.39, 0.29) is 0 Å². The van der Waals surface area contributed by atoms with Gasteiger partial charge in [-0.25, -0.2) is 0 Å². The van der Waals surface area contributed by atoms with E-state index in [1.807, 2.05) is 0 Å². The Morgan fingerprint density at radius 1 is 0.750 bits per heavy atom. The Morgan fingerprint density at radius 3 is 2.25 bits per heavy atom. The van der Waals surface area contributed by atoms with Crippen molar-refractivity contribution in [1.29, 1.82) is 0 Å². The first-order valence-corrected chi connectivity index (χ1v) is 9.35. The molecule has 6 rings (SSSR count). The summed E-state index contributed by atoms with van der Waals surface area (Å²) in [5.41, 5.74) is 0. The number of nitrogens with one attached hydrogen (secondary N) is 1. The molecule has 2 nitrogen and oxygen atoms in total. The Balaban J connectivity index is 1.26. The van der Waals surface area contributed by atoms with E-state index >= 15 is 0 Å². The van der Waals surface area contributed by atoms with Crippen molar-refractivity contribution in [3.63, 3.8) is 0 Å². The van der Waals surface area contributed by atoms with E-state index in [9.17, 15) is 0 Å². The second-order valence-corrected chi connectivity index (χ2v) is 8.68. The molecular formula is C18H30N2. The van der Waals surface area contributed by atoms with Crippen molar-refractivity contribution >= 4 is 0 Å². The first-order valence-electron chi connectivity index (χ1n) is 9.35. The molecule has 0 spiro atoms. The zero-order valence-electron chi connectivity index (χ0n) is 12.8. The van der Waals surface area contributed by atoms with Crippen LogP contribution in [0.5, 0.6) is 0 Å². The summed E-state index contributed by atoms with van der Waals surface area (Å²) < 4.78 is 0. The molecule has 4 aliphatic carbocycles. The fourth-order valence-electron chi connectivity index (χ4n) is 6.85. The third-order valence-corrected chi connectivity index (χ3v) is 7.48. The molecule has 0 aromatic rings. The molecule has 2 saturated heterocycles. The number of piperidine rings is 1. The molecule has 1 N–H and O–H groups in total. The van der Waals surface area contributed by atoms with Gasteiger partial charge in [-0.15, -0.1) is 0 Å². The summed E-state index contributed by atoms with van der Waals surface area (Å²) in [5.74, 6) is 4.33. The molecule has 4 bridgehead atoms. The fourth-order valence-corrected chi connectivity index (χ4v) is 6.85. The van der Waals surface area contributed by atoms with Crippen LogP contribution in [-0.2, 0) is 0 Å². The minimum absolute atomic E-state index is 0.844. The van der Waals surface area contributed by atoms with E-state index < -0.39 is 0 Å². The quantitative estimate of drug-likeness (QED) is 0.832. The van der Waals surface area contributed by atoms with E-state index in [1.165, 1.54) is 38.8 Å². The van der Waals surface area contributed by atoms with E-state index in [2.05, 4.69) is 10.2 Å². The predicted molar refractivity (Wildman–Crippen MR) is 81.6 cm³/mol. The smallest absolute Gasteiger partial charge is 0.0127 e. The first-order chi connectivity index (χ1) is 9.85. The van der Waals surface area contributed by atoms with Crippen molar-refractivity contribution < 1.29 is 0 Å². The topological polar surface area (TPSA) is 15.3 Å². The molecule has 6 aliphatic rings. The normalized spacial score (nSPS) is 54.3. The van der Waals surface area contributed by atoms with Gasteiger partial charge in [0.2, 0.25) is 0 Å². The van der Waals surface area contributed by atoms with Crippen LogP contribution in [0.1, 0.15) is 57.8 Å². The predicted octanol–water partition coefficient (Wildman–Crippen LogP) is 3.03. The van der Waals surface area contributed by atoms with Crippen LogP contribution >= 0.6 is 0 Å². The van der Waals surface area contributed by atoms with Gasteiger partial charge in [-0.2, -0.15) is 0 Å². The summed E-state index contributed by atoms with van der Waals surface area (Å²) in [6, 6.07) is 2.68. The first kappa shape index (κ1) is 12.5. The maximum Gasteiger partial charge on any atom is 0.0127 e. The Hall–Kier alpha value is -0.0800. The Labute approximate surface area is 123 Å². The number of rotatable bonds is 2. The van der Waals surface area contributed by atoms with E-state index in [4.69, 9.17) is 0 Å². The summed E-state index contributed by atoms with van der Waals surface area (Å²) >= 11 is 0. The second-order valence-electron chi connectivity index (χ2n) is 8.68. The standard InChI is InChI=1S/C18H30N2/c1-2-17-11-16(3-5-20(17)4-1)19-18-14-7-12-6-13(9-14)10-15(18)8-12/h12-19H,1-11H2. The monoisotopic (exact) mass is 274 g/mol. The minimum Gasteiger partial charge on any atom is -0.311 e. The van der Waals surface area contributed by atoms with Crippen molar-refractivity contribution in [2.45, 2.75) is 75.9 Å². The minimum atomic E-state index is 0.844. The van der Waals surface area contributed by atoms with Gasteiger partial charge in [0, 0.05) is 18.1 Å². The van der Waals surface area contributed by atoms with Crippen molar-refractivity contribution in [1.82, 2.24) is 10.2 Å². The van der Waals surface area contributed by atoms with Gasteiger partial charge in [-0.05, 0) is 94.5 Å². The summed E-state index contributed by atoms with van der Waals surface area (Å²) in [6.07, 6.45) is 13.6. The second kappa shape index (κ2) is 4.71. The van der Waals surface area contributed by atoms with Gasteiger partial charge in [0.05, 0.1) is 0 Å². The summed E-state index contributed by atoms with van der Waals surface area (Å²) in [7, 11) is 0. The average Bonchev–Trinajstić information content (AvgIpc) is 2.89. The van der Waals surface area contributed by atoms with Crippen LogP contribution in [0, 0.1) is 23.7 Å².